The van der Waals surface area contributed by atoms with Crippen LogP contribution in [-0.4, -0.2) is 33.4 Å². The number of nitrogens with zero attached hydrogens (tertiary/aromatic N) is 4. The predicted octanol–water partition coefficient (Wildman–Crippen LogP) is 4.09. The molecule has 1 aliphatic rings. The van der Waals surface area contributed by atoms with E-state index in [0.717, 1.165) is 18.8 Å². The second kappa shape index (κ2) is 8.43. The van der Waals surface area contributed by atoms with Crippen molar-refractivity contribution in [3.05, 3.63) is 89.4 Å². The molecule has 0 fully saturated rings. The van der Waals surface area contributed by atoms with Crippen LogP contribution in [0.4, 0.5) is 5.82 Å². The number of amides is 1. The van der Waals surface area contributed by atoms with Crippen molar-refractivity contribution in [2.45, 2.75) is 39.4 Å². The summed E-state index contributed by atoms with van der Waals surface area (Å²) in [5, 5.41) is 0. The Morgan fingerprint density at radius 2 is 1.72 bits per heavy atom. The minimum atomic E-state index is -0.0577. The van der Waals surface area contributed by atoms with E-state index in [-0.39, 0.29) is 11.9 Å². The molecule has 5 heteroatoms. The van der Waals surface area contributed by atoms with Gasteiger partial charge >= 0.3 is 0 Å². The summed E-state index contributed by atoms with van der Waals surface area (Å²) >= 11 is 0. The fraction of sp³-hybridized carbons (Fsp3) is 0.292. The van der Waals surface area contributed by atoms with Gasteiger partial charge in [0, 0.05) is 25.7 Å². The van der Waals surface area contributed by atoms with Gasteiger partial charge in [-0.1, -0.05) is 54.6 Å². The van der Waals surface area contributed by atoms with E-state index in [0.29, 0.717) is 18.8 Å². The average Bonchev–Trinajstić information content (AvgIpc) is 2.77. The Morgan fingerprint density at radius 1 is 1.00 bits per heavy atom. The van der Waals surface area contributed by atoms with Crippen LogP contribution in [0.2, 0.25) is 0 Å². The zero-order valence-electron chi connectivity index (χ0n) is 17.0. The van der Waals surface area contributed by atoms with Crippen LogP contribution in [-0.2, 0) is 19.5 Å². The molecule has 0 atom stereocenters. The van der Waals surface area contributed by atoms with Gasteiger partial charge in [-0.3, -0.25) is 4.79 Å². The molecular formula is C24H26N4O. The van der Waals surface area contributed by atoms with Crippen molar-refractivity contribution < 1.29 is 4.79 Å². The van der Waals surface area contributed by atoms with Gasteiger partial charge in [-0.2, -0.15) is 0 Å². The van der Waals surface area contributed by atoms with E-state index >= 15 is 0 Å². The van der Waals surface area contributed by atoms with Gasteiger partial charge in [0.1, 0.15) is 11.5 Å². The molecule has 0 radical (unpaired) electrons. The molecule has 0 saturated heterocycles. The molecule has 0 aliphatic carbocycles. The van der Waals surface area contributed by atoms with Gasteiger partial charge in [-0.05, 0) is 37.0 Å². The SMILES string of the molecule is CC(C)N(Cc1ccccc1)c1cnc(C(=O)N2CCc3ccccc3C2)cn1. The highest BCUT2D eigenvalue weighted by Crippen LogP contribution is 2.21. The summed E-state index contributed by atoms with van der Waals surface area (Å²) in [4.78, 5) is 26.0. The zero-order valence-corrected chi connectivity index (χ0v) is 17.0. The van der Waals surface area contributed by atoms with Crippen LogP contribution < -0.4 is 4.90 Å². The van der Waals surface area contributed by atoms with Gasteiger partial charge in [0.05, 0.1) is 12.4 Å². The molecule has 0 saturated carbocycles. The van der Waals surface area contributed by atoms with E-state index < -0.39 is 0 Å². The molecule has 4 rings (SSSR count). The number of aromatic nitrogens is 2. The van der Waals surface area contributed by atoms with Crippen LogP contribution in [0.1, 0.15) is 41.0 Å². The van der Waals surface area contributed by atoms with Crippen LogP contribution >= 0.6 is 0 Å². The third-order valence-electron chi connectivity index (χ3n) is 5.39. The maximum absolute atomic E-state index is 12.9. The van der Waals surface area contributed by atoms with Crippen molar-refractivity contribution >= 4 is 11.7 Å². The minimum Gasteiger partial charge on any atom is -0.349 e. The lowest BCUT2D eigenvalue weighted by Gasteiger charge is -2.29. The van der Waals surface area contributed by atoms with Crippen LogP contribution in [0.25, 0.3) is 0 Å². The predicted molar refractivity (Wildman–Crippen MR) is 115 cm³/mol. The normalized spacial score (nSPS) is 13.3. The van der Waals surface area contributed by atoms with Crippen LogP contribution in [0.5, 0.6) is 0 Å². The van der Waals surface area contributed by atoms with Crippen LogP contribution in [0.15, 0.2) is 67.0 Å². The molecule has 5 nitrogen and oxygen atoms in total. The Labute approximate surface area is 172 Å². The minimum absolute atomic E-state index is 0.0577. The molecule has 2 aromatic carbocycles. The van der Waals surface area contributed by atoms with Crippen molar-refractivity contribution in [3.63, 3.8) is 0 Å². The summed E-state index contributed by atoms with van der Waals surface area (Å²) in [7, 11) is 0. The van der Waals surface area contributed by atoms with Crippen molar-refractivity contribution in [3.8, 4) is 0 Å². The molecule has 29 heavy (non-hydrogen) atoms. The highest BCUT2D eigenvalue weighted by molar-refractivity contribution is 5.92. The van der Waals surface area contributed by atoms with Crippen molar-refractivity contribution in [2.24, 2.45) is 0 Å². The van der Waals surface area contributed by atoms with Crippen LogP contribution in [0.3, 0.4) is 0 Å². The van der Waals surface area contributed by atoms with Crippen LogP contribution in [0, 0.1) is 0 Å². The fourth-order valence-electron chi connectivity index (χ4n) is 3.72. The Balaban J connectivity index is 1.49. The molecule has 0 spiro atoms. The average molecular weight is 386 g/mol. The number of carbonyl (C=O) groups excluding carboxylic acids is 1. The van der Waals surface area contributed by atoms with E-state index in [1.807, 2.05) is 29.2 Å². The second-order valence-corrected chi connectivity index (χ2v) is 7.71. The van der Waals surface area contributed by atoms with Gasteiger partial charge in [0.2, 0.25) is 0 Å². The highest BCUT2D eigenvalue weighted by atomic mass is 16.2. The topological polar surface area (TPSA) is 49.3 Å². The van der Waals surface area contributed by atoms with E-state index in [4.69, 9.17) is 0 Å². The number of benzene rings is 2. The van der Waals surface area contributed by atoms with Gasteiger partial charge in [-0.15, -0.1) is 0 Å². The lowest BCUT2D eigenvalue weighted by Crippen LogP contribution is -2.36. The molecular weight excluding hydrogens is 360 g/mol. The fourth-order valence-corrected chi connectivity index (χ4v) is 3.72. The lowest BCUT2D eigenvalue weighted by molar-refractivity contribution is 0.0728. The number of hydrogen-bond donors (Lipinski definition) is 0. The molecule has 0 N–H and O–H groups in total. The third kappa shape index (κ3) is 4.29. The van der Waals surface area contributed by atoms with E-state index in [9.17, 15) is 4.79 Å². The summed E-state index contributed by atoms with van der Waals surface area (Å²) in [5.41, 5.74) is 4.16. The van der Waals surface area contributed by atoms with E-state index in [1.54, 1.807) is 12.4 Å². The molecule has 0 unspecified atom stereocenters. The summed E-state index contributed by atoms with van der Waals surface area (Å²) in [6.07, 6.45) is 4.21. The maximum Gasteiger partial charge on any atom is 0.274 e. The Kier molecular flexibility index (Phi) is 5.56. The number of hydrogen-bond acceptors (Lipinski definition) is 4. The summed E-state index contributed by atoms with van der Waals surface area (Å²) in [6.45, 7) is 6.36. The van der Waals surface area contributed by atoms with Gasteiger partial charge in [-0.25, -0.2) is 9.97 Å². The summed E-state index contributed by atoms with van der Waals surface area (Å²) < 4.78 is 0. The van der Waals surface area contributed by atoms with Gasteiger partial charge < -0.3 is 9.80 Å². The summed E-state index contributed by atoms with van der Waals surface area (Å²) in [5.74, 6) is 0.724. The number of carbonyl (C=O) groups is 1. The number of anilines is 1. The van der Waals surface area contributed by atoms with Crippen molar-refractivity contribution in [2.75, 3.05) is 11.4 Å². The largest absolute Gasteiger partial charge is 0.349 e. The van der Waals surface area contributed by atoms with Crippen molar-refractivity contribution in [1.29, 1.82) is 0 Å². The first-order chi connectivity index (χ1) is 14.1. The highest BCUT2D eigenvalue weighted by Gasteiger charge is 2.23. The zero-order chi connectivity index (χ0) is 20.2. The van der Waals surface area contributed by atoms with Gasteiger partial charge in [0.25, 0.3) is 5.91 Å². The first kappa shape index (κ1) is 19.1. The molecule has 1 aliphatic heterocycles. The van der Waals surface area contributed by atoms with Gasteiger partial charge in [0.15, 0.2) is 0 Å². The van der Waals surface area contributed by atoms with E-state index in [1.165, 1.54) is 16.7 Å². The second-order valence-electron chi connectivity index (χ2n) is 7.71. The molecule has 1 aromatic heterocycles. The Morgan fingerprint density at radius 3 is 2.41 bits per heavy atom. The molecule has 1 amide bonds. The first-order valence-electron chi connectivity index (χ1n) is 10.1. The lowest BCUT2D eigenvalue weighted by atomic mass is 10.00. The molecule has 2 heterocycles. The molecule has 0 bridgehead atoms. The standard InChI is InChI=1S/C24H26N4O/c1-18(2)28(16-19-8-4-3-5-9-19)23-15-25-22(14-26-23)24(29)27-13-12-20-10-6-7-11-21(20)17-27/h3-11,14-15,18H,12-13,16-17H2,1-2H3. The third-order valence-corrected chi connectivity index (χ3v) is 5.39. The van der Waals surface area contributed by atoms with Crippen molar-refractivity contribution in [1.82, 2.24) is 14.9 Å². The Hall–Kier alpha value is -3.21. The first-order valence-corrected chi connectivity index (χ1v) is 10.1. The molecule has 148 valence electrons. The molecule has 3 aromatic rings. The summed E-state index contributed by atoms with van der Waals surface area (Å²) in [6, 6.07) is 18.9. The monoisotopic (exact) mass is 386 g/mol. The maximum atomic E-state index is 12.9. The van der Waals surface area contributed by atoms with E-state index in [2.05, 4.69) is 59.0 Å². The quantitative estimate of drug-likeness (QED) is 0.663. The number of rotatable bonds is 5. The number of fused-ring (bicyclic) bond motifs is 1. The Bertz CT molecular complexity index is 970. The smallest absolute Gasteiger partial charge is 0.274 e.